The molecule has 1 heteroatoms. The van der Waals surface area contributed by atoms with Crippen LogP contribution in [-0.4, -0.2) is 24.5 Å². The summed E-state index contributed by atoms with van der Waals surface area (Å²) in [6.45, 7) is 3.77. The van der Waals surface area contributed by atoms with Gasteiger partial charge in [-0.3, -0.25) is 0 Å². The fourth-order valence-electron chi connectivity index (χ4n) is 5.10. The first-order chi connectivity index (χ1) is 11.9. The predicted octanol–water partition coefficient (Wildman–Crippen LogP) is 5.06. The maximum Gasteiger partial charge on any atom is 0.00219 e. The van der Waals surface area contributed by atoms with E-state index >= 15 is 0 Å². The fraction of sp³-hybridized carbons (Fsp3) is 0.478. The van der Waals surface area contributed by atoms with Crippen LogP contribution in [-0.2, 0) is 11.8 Å². The second kappa shape index (κ2) is 7.11. The summed E-state index contributed by atoms with van der Waals surface area (Å²) in [5, 5.41) is 0. The van der Waals surface area contributed by atoms with Crippen molar-refractivity contribution in [2.75, 3.05) is 19.6 Å². The monoisotopic (exact) mass is 319 g/mol. The summed E-state index contributed by atoms with van der Waals surface area (Å²) in [5.41, 5.74) is 3.54. The molecule has 24 heavy (non-hydrogen) atoms. The molecule has 2 fully saturated rings. The van der Waals surface area contributed by atoms with Gasteiger partial charge in [0.05, 0.1) is 0 Å². The van der Waals surface area contributed by atoms with E-state index in [4.69, 9.17) is 0 Å². The smallest absolute Gasteiger partial charge is 0.00219 e. The van der Waals surface area contributed by atoms with Crippen molar-refractivity contribution in [2.45, 2.75) is 43.9 Å². The summed E-state index contributed by atoms with van der Waals surface area (Å²) in [6, 6.07) is 22.4. The molecule has 4 rings (SSSR count). The van der Waals surface area contributed by atoms with Crippen LogP contribution in [0, 0.1) is 5.92 Å². The van der Waals surface area contributed by atoms with Gasteiger partial charge in [-0.15, -0.1) is 0 Å². The van der Waals surface area contributed by atoms with Gasteiger partial charge in [-0.2, -0.15) is 0 Å². The summed E-state index contributed by atoms with van der Waals surface area (Å²) < 4.78 is 0. The largest absolute Gasteiger partial charge is 0.303 e. The second-order valence-electron chi connectivity index (χ2n) is 7.75. The number of fused-ring (bicyclic) bond motifs is 1. The van der Waals surface area contributed by atoms with Gasteiger partial charge in [0, 0.05) is 18.5 Å². The van der Waals surface area contributed by atoms with Gasteiger partial charge in [-0.05, 0) is 49.3 Å². The molecule has 0 N–H and O–H groups in total. The van der Waals surface area contributed by atoms with E-state index < -0.39 is 0 Å². The van der Waals surface area contributed by atoms with Crippen LogP contribution in [0.1, 0.15) is 43.2 Å². The van der Waals surface area contributed by atoms with E-state index in [-0.39, 0.29) is 0 Å². The van der Waals surface area contributed by atoms with Gasteiger partial charge in [0.2, 0.25) is 0 Å². The summed E-state index contributed by atoms with van der Waals surface area (Å²) in [5.74, 6) is 0.846. The highest BCUT2D eigenvalue weighted by Crippen LogP contribution is 2.48. The molecule has 2 aromatic rings. The zero-order valence-electron chi connectivity index (χ0n) is 14.7. The summed E-state index contributed by atoms with van der Waals surface area (Å²) in [6.07, 6.45) is 8.18. The molecule has 0 amide bonds. The summed E-state index contributed by atoms with van der Waals surface area (Å²) >= 11 is 0. The zero-order valence-corrected chi connectivity index (χ0v) is 14.7. The van der Waals surface area contributed by atoms with Crippen LogP contribution in [0.25, 0.3) is 0 Å². The van der Waals surface area contributed by atoms with Gasteiger partial charge in [0.25, 0.3) is 0 Å². The Morgan fingerprint density at radius 3 is 2.42 bits per heavy atom. The summed E-state index contributed by atoms with van der Waals surface area (Å²) in [7, 11) is 0. The third-order valence-corrected chi connectivity index (χ3v) is 6.47. The highest BCUT2D eigenvalue weighted by Gasteiger charge is 2.45. The van der Waals surface area contributed by atoms with Gasteiger partial charge in [-0.25, -0.2) is 0 Å². The van der Waals surface area contributed by atoms with Crippen molar-refractivity contribution in [1.82, 2.24) is 4.90 Å². The molecular formula is C23H29N. The maximum absolute atomic E-state index is 2.73. The van der Waals surface area contributed by atoms with E-state index in [2.05, 4.69) is 65.6 Å². The van der Waals surface area contributed by atoms with Crippen LogP contribution < -0.4 is 0 Å². The Labute approximate surface area is 146 Å². The SMILES string of the molecule is c1ccc(CCN2CC[C@]3(c4ccccc4)CCCC[C@@H]3C2)cc1. The number of piperidine rings is 1. The zero-order chi connectivity index (χ0) is 16.2. The lowest BCUT2D eigenvalue weighted by atomic mass is 9.59. The van der Waals surface area contributed by atoms with Crippen molar-refractivity contribution in [3.63, 3.8) is 0 Å². The molecule has 1 saturated carbocycles. The minimum absolute atomic E-state index is 0.461. The predicted molar refractivity (Wildman–Crippen MR) is 101 cm³/mol. The molecule has 2 aromatic carbocycles. The first-order valence-corrected chi connectivity index (χ1v) is 9.69. The lowest BCUT2D eigenvalue weighted by Gasteiger charge is -2.51. The van der Waals surface area contributed by atoms with Crippen molar-refractivity contribution in [3.05, 3.63) is 71.8 Å². The number of benzene rings is 2. The first-order valence-electron chi connectivity index (χ1n) is 9.69. The van der Waals surface area contributed by atoms with Gasteiger partial charge < -0.3 is 4.90 Å². The molecule has 0 spiro atoms. The van der Waals surface area contributed by atoms with Gasteiger partial charge in [0.1, 0.15) is 0 Å². The van der Waals surface area contributed by atoms with Crippen molar-refractivity contribution >= 4 is 0 Å². The second-order valence-corrected chi connectivity index (χ2v) is 7.75. The van der Waals surface area contributed by atoms with Crippen molar-refractivity contribution in [3.8, 4) is 0 Å². The fourth-order valence-corrected chi connectivity index (χ4v) is 5.10. The van der Waals surface area contributed by atoms with E-state index in [1.54, 1.807) is 5.56 Å². The molecule has 126 valence electrons. The maximum atomic E-state index is 2.73. The molecule has 1 aliphatic carbocycles. The highest BCUT2D eigenvalue weighted by molar-refractivity contribution is 5.28. The average molecular weight is 319 g/mol. The van der Waals surface area contributed by atoms with Crippen LogP contribution >= 0.6 is 0 Å². The molecule has 1 nitrogen and oxygen atoms in total. The Morgan fingerprint density at radius 1 is 0.875 bits per heavy atom. The third kappa shape index (κ3) is 3.15. The Balaban J connectivity index is 1.45. The van der Waals surface area contributed by atoms with Crippen molar-refractivity contribution in [1.29, 1.82) is 0 Å². The third-order valence-electron chi connectivity index (χ3n) is 6.47. The van der Waals surface area contributed by atoms with E-state index in [9.17, 15) is 0 Å². The average Bonchev–Trinajstić information content (AvgIpc) is 2.67. The van der Waals surface area contributed by atoms with Gasteiger partial charge >= 0.3 is 0 Å². The summed E-state index contributed by atoms with van der Waals surface area (Å²) in [4.78, 5) is 2.73. The molecule has 1 heterocycles. The van der Waals surface area contributed by atoms with Crippen LogP contribution in [0.4, 0.5) is 0 Å². The molecule has 2 aliphatic rings. The Morgan fingerprint density at radius 2 is 1.62 bits per heavy atom. The number of likely N-dealkylation sites (tertiary alicyclic amines) is 1. The van der Waals surface area contributed by atoms with E-state index in [1.165, 1.54) is 63.7 Å². The van der Waals surface area contributed by atoms with Crippen LogP contribution in [0.5, 0.6) is 0 Å². The molecule has 0 bridgehead atoms. The molecular weight excluding hydrogens is 290 g/mol. The van der Waals surface area contributed by atoms with E-state index in [0.29, 0.717) is 5.41 Å². The lowest BCUT2D eigenvalue weighted by molar-refractivity contribution is 0.0569. The molecule has 0 unspecified atom stereocenters. The van der Waals surface area contributed by atoms with Crippen LogP contribution in [0.15, 0.2) is 60.7 Å². The topological polar surface area (TPSA) is 3.24 Å². The van der Waals surface area contributed by atoms with Gasteiger partial charge in [-0.1, -0.05) is 73.5 Å². The highest BCUT2D eigenvalue weighted by atomic mass is 15.1. The lowest BCUT2D eigenvalue weighted by Crippen LogP contribution is -2.51. The van der Waals surface area contributed by atoms with Crippen LogP contribution in [0.2, 0.25) is 0 Å². The number of nitrogens with zero attached hydrogens (tertiary/aromatic N) is 1. The minimum atomic E-state index is 0.461. The van der Waals surface area contributed by atoms with Crippen LogP contribution in [0.3, 0.4) is 0 Å². The number of hydrogen-bond donors (Lipinski definition) is 0. The molecule has 2 atom stereocenters. The molecule has 1 saturated heterocycles. The normalized spacial score (nSPS) is 27.6. The van der Waals surface area contributed by atoms with E-state index in [0.717, 1.165) is 5.92 Å². The first kappa shape index (κ1) is 15.9. The Hall–Kier alpha value is -1.60. The standard InChI is InChI=1S/C23H29N/c1-3-9-20(10-4-1)14-17-24-18-16-23(21-11-5-2-6-12-21)15-8-7-13-22(23)19-24/h1-6,9-12,22H,7-8,13-19H2/t22-,23+/m1/s1. The number of hydrogen-bond acceptors (Lipinski definition) is 1. The molecule has 0 aromatic heterocycles. The Kier molecular flexibility index (Phi) is 4.71. The molecule has 1 aliphatic heterocycles. The molecule has 0 radical (unpaired) electrons. The minimum Gasteiger partial charge on any atom is -0.303 e. The quantitative estimate of drug-likeness (QED) is 0.761. The van der Waals surface area contributed by atoms with Gasteiger partial charge in [0.15, 0.2) is 0 Å². The Bertz CT molecular complexity index is 636. The van der Waals surface area contributed by atoms with Crippen molar-refractivity contribution < 1.29 is 0 Å². The van der Waals surface area contributed by atoms with Crippen molar-refractivity contribution in [2.24, 2.45) is 5.92 Å². The number of rotatable bonds is 4. The van der Waals surface area contributed by atoms with E-state index in [1.807, 2.05) is 0 Å².